The number of nitrogen functional groups attached to an aromatic ring is 1. The molecule has 4 heteroatoms. The minimum absolute atomic E-state index is 0.246. The highest BCUT2D eigenvalue weighted by atomic mass is 35.5. The Morgan fingerprint density at radius 1 is 1.19 bits per heavy atom. The highest BCUT2D eigenvalue weighted by Gasteiger charge is 2.15. The third kappa shape index (κ3) is 3.01. The number of anilines is 1. The lowest BCUT2D eigenvalue weighted by atomic mass is 10.1. The standard InChI is InChI=1S/C12H17ClN2O/c13-11-8-7-10(14)12(15-11)16-9-5-3-1-2-4-6-9/h7-9H,1-6,14H2. The second kappa shape index (κ2) is 5.39. The third-order valence-electron chi connectivity index (χ3n) is 2.94. The quantitative estimate of drug-likeness (QED) is 0.637. The summed E-state index contributed by atoms with van der Waals surface area (Å²) in [7, 11) is 0. The first kappa shape index (κ1) is 11.5. The molecule has 3 nitrogen and oxygen atoms in total. The first-order valence-electron chi connectivity index (χ1n) is 5.84. The molecule has 1 aliphatic carbocycles. The van der Waals surface area contributed by atoms with Gasteiger partial charge in [0.2, 0.25) is 5.88 Å². The van der Waals surface area contributed by atoms with Crippen molar-refractivity contribution in [3.8, 4) is 5.88 Å². The zero-order valence-electron chi connectivity index (χ0n) is 9.29. The maximum atomic E-state index is 5.83. The Morgan fingerprint density at radius 3 is 2.56 bits per heavy atom. The van der Waals surface area contributed by atoms with Crippen molar-refractivity contribution < 1.29 is 4.74 Å². The van der Waals surface area contributed by atoms with E-state index in [0.29, 0.717) is 16.7 Å². The van der Waals surface area contributed by atoms with Crippen LogP contribution in [0.25, 0.3) is 0 Å². The Hall–Kier alpha value is -0.960. The molecule has 0 aromatic carbocycles. The summed E-state index contributed by atoms with van der Waals surface area (Å²) in [4.78, 5) is 4.12. The number of ether oxygens (including phenoxy) is 1. The topological polar surface area (TPSA) is 48.1 Å². The normalized spacial score (nSPS) is 18.1. The monoisotopic (exact) mass is 240 g/mol. The zero-order valence-corrected chi connectivity index (χ0v) is 10.0. The van der Waals surface area contributed by atoms with Crippen LogP contribution >= 0.6 is 11.6 Å². The van der Waals surface area contributed by atoms with Crippen LogP contribution in [0.4, 0.5) is 5.69 Å². The summed E-state index contributed by atoms with van der Waals surface area (Å²) in [6.45, 7) is 0. The van der Waals surface area contributed by atoms with Gasteiger partial charge in [-0.05, 0) is 37.8 Å². The van der Waals surface area contributed by atoms with Crippen molar-refractivity contribution >= 4 is 17.3 Å². The van der Waals surface area contributed by atoms with Gasteiger partial charge >= 0.3 is 0 Å². The number of hydrogen-bond donors (Lipinski definition) is 1. The zero-order chi connectivity index (χ0) is 11.4. The SMILES string of the molecule is Nc1ccc(Cl)nc1OC1CCCCCC1. The van der Waals surface area contributed by atoms with Gasteiger partial charge in [0, 0.05) is 0 Å². The summed E-state index contributed by atoms with van der Waals surface area (Å²) in [6.07, 6.45) is 7.49. The van der Waals surface area contributed by atoms with Crippen molar-refractivity contribution in [1.82, 2.24) is 4.98 Å². The van der Waals surface area contributed by atoms with E-state index in [-0.39, 0.29) is 6.10 Å². The van der Waals surface area contributed by atoms with Gasteiger partial charge in [0.15, 0.2) is 0 Å². The number of nitrogens with zero attached hydrogens (tertiary/aromatic N) is 1. The molecule has 0 bridgehead atoms. The number of aromatic nitrogens is 1. The van der Waals surface area contributed by atoms with Gasteiger partial charge < -0.3 is 10.5 Å². The van der Waals surface area contributed by atoms with Crippen LogP contribution in [0, 0.1) is 0 Å². The van der Waals surface area contributed by atoms with Crippen LogP contribution in [0.1, 0.15) is 38.5 Å². The summed E-state index contributed by atoms with van der Waals surface area (Å²) in [5.74, 6) is 0.486. The lowest BCUT2D eigenvalue weighted by Gasteiger charge is -2.17. The van der Waals surface area contributed by atoms with E-state index in [1.807, 2.05) is 0 Å². The molecule has 2 N–H and O–H groups in total. The summed E-state index contributed by atoms with van der Waals surface area (Å²) >= 11 is 5.82. The second-order valence-electron chi connectivity index (χ2n) is 4.26. The maximum absolute atomic E-state index is 5.83. The molecule has 0 unspecified atom stereocenters. The second-order valence-corrected chi connectivity index (χ2v) is 4.65. The fourth-order valence-electron chi connectivity index (χ4n) is 2.04. The third-order valence-corrected chi connectivity index (χ3v) is 3.15. The molecule has 1 aromatic rings. The maximum Gasteiger partial charge on any atom is 0.238 e. The van der Waals surface area contributed by atoms with Crippen LogP contribution < -0.4 is 10.5 Å². The van der Waals surface area contributed by atoms with E-state index in [4.69, 9.17) is 22.1 Å². The Balaban J connectivity index is 2.04. The fourth-order valence-corrected chi connectivity index (χ4v) is 2.18. The molecule has 16 heavy (non-hydrogen) atoms. The van der Waals surface area contributed by atoms with E-state index < -0.39 is 0 Å². The van der Waals surface area contributed by atoms with Crippen LogP contribution in [0.15, 0.2) is 12.1 Å². The van der Waals surface area contributed by atoms with Gasteiger partial charge in [0.1, 0.15) is 11.3 Å². The van der Waals surface area contributed by atoms with Crippen molar-refractivity contribution in [3.05, 3.63) is 17.3 Å². The fraction of sp³-hybridized carbons (Fsp3) is 0.583. The molecule has 0 atom stereocenters. The number of pyridine rings is 1. The van der Waals surface area contributed by atoms with Gasteiger partial charge in [0.25, 0.3) is 0 Å². The van der Waals surface area contributed by atoms with Gasteiger partial charge in [-0.2, -0.15) is 4.98 Å². The number of hydrogen-bond acceptors (Lipinski definition) is 3. The first-order valence-corrected chi connectivity index (χ1v) is 6.22. The Labute approximate surface area is 101 Å². The van der Waals surface area contributed by atoms with Crippen molar-refractivity contribution in [3.63, 3.8) is 0 Å². The summed E-state index contributed by atoms with van der Waals surface area (Å²) < 4.78 is 5.83. The minimum Gasteiger partial charge on any atom is -0.473 e. The molecule has 88 valence electrons. The van der Waals surface area contributed by atoms with Gasteiger partial charge in [0.05, 0.1) is 5.69 Å². The molecule has 1 aromatic heterocycles. The highest BCUT2D eigenvalue weighted by molar-refractivity contribution is 6.29. The van der Waals surface area contributed by atoms with E-state index in [2.05, 4.69) is 4.98 Å². The Kier molecular flexibility index (Phi) is 3.88. The molecule has 1 heterocycles. The average Bonchev–Trinajstić information content (AvgIpc) is 2.52. The molecular weight excluding hydrogens is 224 g/mol. The molecule has 1 saturated carbocycles. The first-order chi connectivity index (χ1) is 7.75. The predicted molar refractivity (Wildman–Crippen MR) is 65.8 cm³/mol. The van der Waals surface area contributed by atoms with Crippen LogP contribution in [-0.2, 0) is 0 Å². The van der Waals surface area contributed by atoms with Gasteiger partial charge in [-0.25, -0.2) is 0 Å². The van der Waals surface area contributed by atoms with Crippen molar-refractivity contribution in [1.29, 1.82) is 0 Å². The summed E-state index contributed by atoms with van der Waals surface area (Å²) in [5.41, 5.74) is 6.36. The molecule has 0 spiro atoms. The Morgan fingerprint density at radius 2 is 1.88 bits per heavy atom. The van der Waals surface area contributed by atoms with Crippen molar-refractivity contribution in [2.45, 2.75) is 44.6 Å². The van der Waals surface area contributed by atoms with E-state index >= 15 is 0 Å². The minimum atomic E-state index is 0.246. The van der Waals surface area contributed by atoms with E-state index in [1.165, 1.54) is 25.7 Å². The van der Waals surface area contributed by atoms with Gasteiger partial charge in [-0.3, -0.25) is 0 Å². The van der Waals surface area contributed by atoms with Crippen LogP contribution in [0.3, 0.4) is 0 Å². The van der Waals surface area contributed by atoms with Crippen molar-refractivity contribution in [2.75, 3.05) is 5.73 Å². The average molecular weight is 241 g/mol. The Bertz CT molecular complexity index is 349. The molecule has 0 aliphatic heterocycles. The molecule has 2 rings (SSSR count). The number of rotatable bonds is 2. The highest BCUT2D eigenvalue weighted by Crippen LogP contribution is 2.26. The molecule has 0 amide bonds. The lowest BCUT2D eigenvalue weighted by Crippen LogP contribution is -2.16. The summed E-state index contributed by atoms with van der Waals surface area (Å²) in [5, 5.41) is 0.429. The predicted octanol–water partition coefficient (Wildman–Crippen LogP) is 3.42. The number of halogens is 1. The van der Waals surface area contributed by atoms with Crippen LogP contribution in [-0.4, -0.2) is 11.1 Å². The molecule has 1 fully saturated rings. The van der Waals surface area contributed by atoms with Crippen molar-refractivity contribution in [2.24, 2.45) is 0 Å². The van der Waals surface area contributed by atoms with Gasteiger partial charge in [-0.1, -0.05) is 24.4 Å². The molecular formula is C12H17ClN2O. The van der Waals surface area contributed by atoms with Crippen LogP contribution in [0.2, 0.25) is 5.15 Å². The van der Waals surface area contributed by atoms with Gasteiger partial charge in [-0.15, -0.1) is 0 Å². The van der Waals surface area contributed by atoms with E-state index in [9.17, 15) is 0 Å². The largest absolute Gasteiger partial charge is 0.473 e. The molecule has 0 saturated heterocycles. The molecule has 1 aliphatic rings. The molecule has 0 radical (unpaired) electrons. The van der Waals surface area contributed by atoms with E-state index in [1.54, 1.807) is 12.1 Å². The lowest BCUT2D eigenvalue weighted by molar-refractivity contribution is 0.177. The smallest absolute Gasteiger partial charge is 0.238 e. The summed E-state index contributed by atoms with van der Waals surface area (Å²) in [6, 6.07) is 3.41. The van der Waals surface area contributed by atoms with Crippen LogP contribution in [0.5, 0.6) is 5.88 Å². The van der Waals surface area contributed by atoms with E-state index in [0.717, 1.165) is 12.8 Å². The number of nitrogens with two attached hydrogens (primary N) is 1.